The molecular weight excluding hydrogens is 262 g/mol. The average Bonchev–Trinajstić information content (AvgIpc) is 3.17. The van der Waals surface area contributed by atoms with E-state index >= 15 is 0 Å². The molecule has 1 aromatic heterocycles. The molecular formula is C13H15N3O2S. The Kier molecular flexibility index (Phi) is 3.33. The summed E-state index contributed by atoms with van der Waals surface area (Å²) in [6.45, 7) is 0. The molecule has 0 amide bonds. The van der Waals surface area contributed by atoms with Crippen LogP contribution in [0, 0.1) is 0 Å². The second-order valence-corrected chi connectivity index (χ2v) is 5.54. The van der Waals surface area contributed by atoms with Crippen LogP contribution >= 0.6 is 11.8 Å². The van der Waals surface area contributed by atoms with Crippen LogP contribution in [-0.2, 0) is 5.75 Å². The first kappa shape index (κ1) is 12.3. The van der Waals surface area contributed by atoms with Crippen LogP contribution in [0.2, 0.25) is 0 Å². The van der Waals surface area contributed by atoms with Gasteiger partial charge >= 0.3 is 0 Å². The topological polar surface area (TPSA) is 74.2 Å². The van der Waals surface area contributed by atoms with Gasteiger partial charge in [0.1, 0.15) is 5.75 Å². The van der Waals surface area contributed by atoms with Crippen LogP contribution in [-0.4, -0.2) is 17.3 Å². The van der Waals surface area contributed by atoms with Crippen LogP contribution in [0.4, 0.5) is 5.69 Å². The van der Waals surface area contributed by atoms with E-state index in [1.165, 1.54) is 12.8 Å². The lowest BCUT2D eigenvalue weighted by atomic mass is 10.3. The van der Waals surface area contributed by atoms with Crippen LogP contribution in [0.15, 0.2) is 27.6 Å². The zero-order valence-electron chi connectivity index (χ0n) is 10.6. The molecule has 1 aromatic carbocycles. The van der Waals surface area contributed by atoms with Crippen molar-refractivity contribution in [3.63, 3.8) is 0 Å². The lowest BCUT2D eigenvalue weighted by Crippen LogP contribution is -1.91. The SMILES string of the molecule is COc1cc(N)ccc1SCc1noc(C2CC2)n1. The minimum atomic E-state index is 0.498. The smallest absolute Gasteiger partial charge is 0.229 e. The predicted molar refractivity (Wildman–Crippen MR) is 73.2 cm³/mol. The third-order valence-corrected chi connectivity index (χ3v) is 4.01. The summed E-state index contributed by atoms with van der Waals surface area (Å²) in [6, 6.07) is 5.62. The summed E-state index contributed by atoms with van der Waals surface area (Å²) in [6.07, 6.45) is 2.33. The maximum Gasteiger partial charge on any atom is 0.229 e. The van der Waals surface area contributed by atoms with Gasteiger partial charge in [0.15, 0.2) is 5.82 Å². The maximum atomic E-state index is 5.72. The molecule has 0 spiro atoms. The zero-order valence-corrected chi connectivity index (χ0v) is 11.4. The molecule has 1 saturated carbocycles. The summed E-state index contributed by atoms with van der Waals surface area (Å²) in [7, 11) is 1.64. The molecule has 1 aliphatic rings. The highest BCUT2D eigenvalue weighted by molar-refractivity contribution is 7.98. The number of ether oxygens (including phenoxy) is 1. The Labute approximate surface area is 115 Å². The number of anilines is 1. The summed E-state index contributed by atoms with van der Waals surface area (Å²) in [4.78, 5) is 5.42. The summed E-state index contributed by atoms with van der Waals surface area (Å²) in [5.74, 6) is 3.44. The van der Waals surface area contributed by atoms with Gasteiger partial charge in [0.25, 0.3) is 0 Å². The first-order valence-corrected chi connectivity index (χ1v) is 7.13. The molecule has 5 nitrogen and oxygen atoms in total. The molecule has 0 saturated heterocycles. The Morgan fingerprint density at radius 1 is 1.47 bits per heavy atom. The Bertz CT molecular complexity index is 581. The van der Waals surface area contributed by atoms with Crippen LogP contribution in [0.5, 0.6) is 5.75 Å². The van der Waals surface area contributed by atoms with E-state index < -0.39 is 0 Å². The number of thioether (sulfide) groups is 1. The van der Waals surface area contributed by atoms with Crippen LogP contribution in [0.3, 0.4) is 0 Å². The number of nitrogens with zero attached hydrogens (tertiary/aromatic N) is 2. The van der Waals surface area contributed by atoms with E-state index in [0.29, 0.717) is 17.4 Å². The minimum absolute atomic E-state index is 0.498. The molecule has 1 aliphatic carbocycles. The summed E-state index contributed by atoms with van der Waals surface area (Å²) in [5, 5.41) is 3.99. The molecule has 2 N–H and O–H groups in total. The van der Waals surface area contributed by atoms with Crippen molar-refractivity contribution >= 4 is 17.4 Å². The number of nitrogen functional groups attached to an aromatic ring is 1. The largest absolute Gasteiger partial charge is 0.496 e. The van der Waals surface area contributed by atoms with Crippen molar-refractivity contribution < 1.29 is 9.26 Å². The first-order chi connectivity index (χ1) is 9.26. The molecule has 0 radical (unpaired) electrons. The molecule has 100 valence electrons. The monoisotopic (exact) mass is 277 g/mol. The predicted octanol–water partition coefficient (Wildman–Crippen LogP) is 2.83. The van der Waals surface area contributed by atoms with E-state index in [1.807, 2.05) is 18.2 Å². The van der Waals surface area contributed by atoms with E-state index in [2.05, 4.69) is 10.1 Å². The fourth-order valence-electron chi connectivity index (χ4n) is 1.77. The summed E-state index contributed by atoms with van der Waals surface area (Å²) >= 11 is 1.61. The highest BCUT2D eigenvalue weighted by Gasteiger charge is 2.29. The van der Waals surface area contributed by atoms with E-state index in [-0.39, 0.29) is 0 Å². The van der Waals surface area contributed by atoms with E-state index in [9.17, 15) is 0 Å². The van der Waals surface area contributed by atoms with Crippen molar-refractivity contribution in [2.75, 3.05) is 12.8 Å². The van der Waals surface area contributed by atoms with Gasteiger partial charge in [0, 0.05) is 22.6 Å². The molecule has 0 unspecified atom stereocenters. The van der Waals surface area contributed by atoms with Crippen molar-refractivity contribution in [2.24, 2.45) is 0 Å². The number of hydrogen-bond donors (Lipinski definition) is 1. The second kappa shape index (κ2) is 5.13. The van der Waals surface area contributed by atoms with Crippen LogP contribution < -0.4 is 10.5 Å². The standard InChI is InChI=1S/C13H15N3O2S/c1-17-10-6-9(14)4-5-11(10)19-7-12-15-13(18-16-12)8-2-3-8/h4-6,8H,2-3,7,14H2,1H3. The maximum absolute atomic E-state index is 5.72. The highest BCUT2D eigenvalue weighted by atomic mass is 32.2. The van der Waals surface area contributed by atoms with Gasteiger partial charge in [-0.1, -0.05) is 5.16 Å². The minimum Gasteiger partial charge on any atom is -0.496 e. The van der Waals surface area contributed by atoms with E-state index in [0.717, 1.165) is 22.4 Å². The summed E-state index contributed by atoms with van der Waals surface area (Å²) < 4.78 is 10.5. The Hall–Kier alpha value is -1.69. The normalized spacial score (nSPS) is 14.6. The van der Waals surface area contributed by atoms with Gasteiger partial charge in [-0.15, -0.1) is 11.8 Å². The molecule has 0 aliphatic heterocycles. The fourth-order valence-corrected chi connectivity index (χ4v) is 2.62. The Morgan fingerprint density at radius 3 is 3.05 bits per heavy atom. The third kappa shape index (κ3) is 2.84. The number of aromatic nitrogens is 2. The molecule has 1 heterocycles. The Balaban J connectivity index is 1.67. The lowest BCUT2D eigenvalue weighted by Gasteiger charge is -2.07. The molecule has 19 heavy (non-hydrogen) atoms. The number of nitrogens with two attached hydrogens (primary N) is 1. The molecule has 2 aromatic rings. The fraction of sp³-hybridized carbons (Fsp3) is 0.385. The number of methoxy groups -OCH3 is 1. The molecule has 0 atom stereocenters. The van der Waals surface area contributed by atoms with Crippen molar-refractivity contribution in [3.05, 3.63) is 29.9 Å². The zero-order chi connectivity index (χ0) is 13.2. The Morgan fingerprint density at radius 2 is 2.32 bits per heavy atom. The van der Waals surface area contributed by atoms with Crippen molar-refractivity contribution in [2.45, 2.75) is 29.4 Å². The van der Waals surface area contributed by atoms with Gasteiger partial charge in [-0.3, -0.25) is 0 Å². The molecule has 0 bridgehead atoms. The first-order valence-electron chi connectivity index (χ1n) is 6.15. The number of rotatable bonds is 5. The van der Waals surface area contributed by atoms with Gasteiger partial charge in [0.05, 0.1) is 12.9 Å². The van der Waals surface area contributed by atoms with E-state index in [4.69, 9.17) is 15.0 Å². The number of hydrogen-bond acceptors (Lipinski definition) is 6. The quantitative estimate of drug-likeness (QED) is 0.669. The molecule has 1 fully saturated rings. The highest BCUT2D eigenvalue weighted by Crippen LogP contribution is 2.39. The average molecular weight is 277 g/mol. The third-order valence-electron chi connectivity index (χ3n) is 2.95. The van der Waals surface area contributed by atoms with Gasteiger partial charge in [-0.2, -0.15) is 4.98 Å². The van der Waals surface area contributed by atoms with Crippen LogP contribution in [0.25, 0.3) is 0 Å². The lowest BCUT2D eigenvalue weighted by molar-refractivity contribution is 0.375. The number of benzene rings is 1. The molecule has 3 rings (SSSR count). The van der Waals surface area contributed by atoms with Gasteiger partial charge in [0.2, 0.25) is 5.89 Å². The van der Waals surface area contributed by atoms with Gasteiger partial charge < -0.3 is 15.0 Å². The van der Waals surface area contributed by atoms with Crippen LogP contribution in [0.1, 0.15) is 30.5 Å². The van der Waals surface area contributed by atoms with Crippen molar-refractivity contribution in [1.82, 2.24) is 10.1 Å². The van der Waals surface area contributed by atoms with Crippen molar-refractivity contribution in [3.8, 4) is 5.75 Å². The molecule has 6 heteroatoms. The van der Waals surface area contributed by atoms with Gasteiger partial charge in [-0.25, -0.2) is 0 Å². The summed E-state index contributed by atoms with van der Waals surface area (Å²) in [5.41, 5.74) is 6.42. The van der Waals surface area contributed by atoms with Gasteiger partial charge in [-0.05, 0) is 25.0 Å². The second-order valence-electron chi connectivity index (χ2n) is 4.52. The van der Waals surface area contributed by atoms with Crippen molar-refractivity contribution in [1.29, 1.82) is 0 Å². The van der Waals surface area contributed by atoms with E-state index in [1.54, 1.807) is 18.9 Å².